The van der Waals surface area contributed by atoms with Crippen LogP contribution in [0.4, 0.5) is 17.2 Å². The van der Waals surface area contributed by atoms with Crippen LogP contribution in [-0.2, 0) is 4.79 Å². The molecule has 1 aliphatic heterocycles. The maximum atomic E-state index is 12.5. The molecular weight excluding hydrogens is 286 g/mol. The first kappa shape index (κ1) is 13.9. The second-order valence-electron chi connectivity index (χ2n) is 5.26. The van der Waals surface area contributed by atoms with Crippen molar-refractivity contribution in [3.05, 3.63) is 47.1 Å². The molecule has 1 amide bonds. The normalized spacial score (nSPS) is 17.9. The topological polar surface area (TPSA) is 36.4 Å². The molecule has 0 spiro atoms. The number of likely N-dealkylation sites (N-methyl/N-ethyl adjacent to an activating group) is 1. The first-order valence-corrected chi connectivity index (χ1v) is 7.17. The minimum atomic E-state index is -0.324. The van der Waals surface area contributed by atoms with E-state index in [4.69, 9.17) is 11.6 Å². The Bertz CT molecular complexity index is 716. The second-order valence-corrected chi connectivity index (χ2v) is 5.65. The SMILES string of the molecule is Cc1cccc(N2c3nc(Cl)ccc3N(C)C(=O)C2C)c1. The van der Waals surface area contributed by atoms with E-state index >= 15 is 0 Å². The van der Waals surface area contributed by atoms with E-state index in [1.807, 2.05) is 49.1 Å². The number of fused-ring (bicyclic) bond motifs is 1. The van der Waals surface area contributed by atoms with Gasteiger partial charge < -0.3 is 9.80 Å². The van der Waals surface area contributed by atoms with E-state index in [0.717, 1.165) is 16.9 Å². The number of hydrogen-bond acceptors (Lipinski definition) is 3. The molecule has 0 fully saturated rings. The Balaban J connectivity index is 2.22. The summed E-state index contributed by atoms with van der Waals surface area (Å²) in [6.45, 7) is 3.91. The van der Waals surface area contributed by atoms with Crippen molar-refractivity contribution in [1.29, 1.82) is 0 Å². The average Bonchev–Trinajstić information content (AvgIpc) is 2.45. The molecule has 1 aromatic heterocycles. The van der Waals surface area contributed by atoms with E-state index in [1.54, 1.807) is 18.0 Å². The molecular formula is C16H16ClN3O. The number of nitrogens with zero attached hydrogens (tertiary/aromatic N) is 3. The zero-order valence-corrected chi connectivity index (χ0v) is 12.9. The molecule has 2 aromatic rings. The smallest absolute Gasteiger partial charge is 0.249 e. The predicted octanol–water partition coefficient (Wildman–Crippen LogP) is 3.55. The second kappa shape index (κ2) is 5.04. The van der Waals surface area contributed by atoms with Crippen LogP contribution in [0.1, 0.15) is 12.5 Å². The lowest BCUT2D eigenvalue weighted by Crippen LogP contribution is -2.49. The number of rotatable bonds is 1. The summed E-state index contributed by atoms with van der Waals surface area (Å²) in [7, 11) is 1.76. The van der Waals surface area contributed by atoms with Gasteiger partial charge in [-0.25, -0.2) is 4.98 Å². The Labute approximate surface area is 129 Å². The number of amides is 1. The average molecular weight is 302 g/mol. The molecule has 0 N–H and O–H groups in total. The highest BCUT2D eigenvalue weighted by Gasteiger charge is 2.35. The molecule has 1 aromatic carbocycles. The summed E-state index contributed by atoms with van der Waals surface area (Å²) < 4.78 is 0. The Hall–Kier alpha value is -2.07. The van der Waals surface area contributed by atoms with Crippen molar-refractivity contribution in [2.45, 2.75) is 19.9 Å². The highest BCUT2D eigenvalue weighted by molar-refractivity contribution is 6.29. The number of aryl methyl sites for hydroxylation is 1. The highest BCUT2D eigenvalue weighted by atomic mass is 35.5. The van der Waals surface area contributed by atoms with E-state index < -0.39 is 0 Å². The van der Waals surface area contributed by atoms with Gasteiger partial charge in [-0.05, 0) is 43.7 Å². The Morgan fingerprint density at radius 3 is 2.71 bits per heavy atom. The van der Waals surface area contributed by atoms with Gasteiger partial charge in [-0.1, -0.05) is 23.7 Å². The number of carbonyl (C=O) groups is 1. The summed E-state index contributed by atoms with van der Waals surface area (Å²) in [5.74, 6) is 0.746. The quantitative estimate of drug-likeness (QED) is 0.756. The fourth-order valence-electron chi connectivity index (χ4n) is 2.67. The van der Waals surface area contributed by atoms with Gasteiger partial charge in [0.1, 0.15) is 11.2 Å². The lowest BCUT2D eigenvalue weighted by Gasteiger charge is -2.39. The summed E-state index contributed by atoms with van der Waals surface area (Å²) in [5, 5.41) is 0.418. The largest absolute Gasteiger partial charge is 0.312 e. The molecule has 0 bridgehead atoms. The maximum absolute atomic E-state index is 12.5. The molecule has 1 atom stereocenters. The van der Waals surface area contributed by atoms with Crippen LogP contribution in [0.25, 0.3) is 0 Å². The number of hydrogen-bond donors (Lipinski definition) is 0. The first-order valence-electron chi connectivity index (χ1n) is 6.79. The third kappa shape index (κ3) is 2.25. The van der Waals surface area contributed by atoms with Crippen LogP contribution in [-0.4, -0.2) is 24.0 Å². The van der Waals surface area contributed by atoms with Gasteiger partial charge in [-0.15, -0.1) is 0 Å². The molecule has 0 aliphatic carbocycles. The van der Waals surface area contributed by atoms with Crippen LogP contribution >= 0.6 is 11.6 Å². The fourth-order valence-corrected chi connectivity index (χ4v) is 2.82. The molecule has 4 nitrogen and oxygen atoms in total. The molecule has 5 heteroatoms. The molecule has 3 rings (SSSR count). The van der Waals surface area contributed by atoms with Crippen LogP contribution in [0.2, 0.25) is 5.15 Å². The van der Waals surface area contributed by atoms with Crippen molar-refractivity contribution in [3.63, 3.8) is 0 Å². The van der Waals surface area contributed by atoms with Gasteiger partial charge in [-0.2, -0.15) is 0 Å². The van der Waals surface area contributed by atoms with E-state index in [-0.39, 0.29) is 11.9 Å². The molecule has 1 unspecified atom stereocenters. The highest BCUT2D eigenvalue weighted by Crippen LogP contribution is 2.39. The molecule has 0 radical (unpaired) electrons. The van der Waals surface area contributed by atoms with Crippen molar-refractivity contribution in [1.82, 2.24) is 4.98 Å². The van der Waals surface area contributed by atoms with Crippen LogP contribution < -0.4 is 9.80 Å². The van der Waals surface area contributed by atoms with E-state index in [0.29, 0.717) is 11.0 Å². The lowest BCUT2D eigenvalue weighted by atomic mass is 10.1. The van der Waals surface area contributed by atoms with Gasteiger partial charge in [0.2, 0.25) is 5.91 Å². The van der Waals surface area contributed by atoms with Crippen molar-refractivity contribution >= 4 is 34.7 Å². The molecule has 108 valence electrons. The van der Waals surface area contributed by atoms with E-state index in [1.165, 1.54) is 0 Å². The standard InChI is InChI=1S/C16H16ClN3O/c1-10-5-4-6-12(9-10)20-11(2)16(21)19(3)13-7-8-14(17)18-15(13)20/h4-9,11H,1-3H3. The third-order valence-electron chi connectivity index (χ3n) is 3.77. The maximum Gasteiger partial charge on any atom is 0.249 e. The van der Waals surface area contributed by atoms with E-state index in [9.17, 15) is 4.79 Å². The van der Waals surface area contributed by atoms with Gasteiger partial charge in [0.25, 0.3) is 0 Å². The van der Waals surface area contributed by atoms with Gasteiger partial charge in [-0.3, -0.25) is 4.79 Å². The summed E-state index contributed by atoms with van der Waals surface area (Å²) in [6.07, 6.45) is 0. The molecule has 0 saturated heterocycles. The summed E-state index contributed by atoms with van der Waals surface area (Å²) in [5.41, 5.74) is 2.85. The monoisotopic (exact) mass is 301 g/mol. The number of aromatic nitrogens is 1. The van der Waals surface area contributed by atoms with E-state index in [2.05, 4.69) is 4.98 Å². The van der Waals surface area contributed by atoms with Gasteiger partial charge in [0, 0.05) is 12.7 Å². The zero-order chi connectivity index (χ0) is 15.1. The zero-order valence-electron chi connectivity index (χ0n) is 12.2. The summed E-state index contributed by atoms with van der Waals surface area (Å²) >= 11 is 6.05. The van der Waals surface area contributed by atoms with Crippen molar-refractivity contribution in [2.75, 3.05) is 16.8 Å². The lowest BCUT2D eigenvalue weighted by molar-refractivity contribution is -0.119. The Morgan fingerprint density at radius 2 is 2.00 bits per heavy atom. The van der Waals surface area contributed by atoms with Crippen molar-refractivity contribution in [3.8, 4) is 0 Å². The molecule has 1 aliphatic rings. The van der Waals surface area contributed by atoms with Crippen molar-refractivity contribution in [2.24, 2.45) is 0 Å². The summed E-state index contributed by atoms with van der Waals surface area (Å²) in [4.78, 5) is 20.5. The van der Waals surface area contributed by atoms with Gasteiger partial charge in [0.15, 0.2) is 5.82 Å². The summed E-state index contributed by atoms with van der Waals surface area (Å²) in [6, 6.07) is 11.2. The van der Waals surface area contributed by atoms with Crippen LogP contribution in [0.5, 0.6) is 0 Å². The third-order valence-corrected chi connectivity index (χ3v) is 3.98. The number of carbonyl (C=O) groups excluding carboxylic acids is 1. The van der Waals surface area contributed by atoms with Crippen molar-refractivity contribution < 1.29 is 4.79 Å². The predicted molar refractivity (Wildman–Crippen MR) is 85.4 cm³/mol. The Morgan fingerprint density at radius 1 is 1.24 bits per heavy atom. The minimum Gasteiger partial charge on any atom is -0.312 e. The molecule has 21 heavy (non-hydrogen) atoms. The molecule has 2 heterocycles. The van der Waals surface area contributed by atoms with Crippen LogP contribution in [0.15, 0.2) is 36.4 Å². The minimum absolute atomic E-state index is 0.0353. The molecule has 0 saturated carbocycles. The van der Waals surface area contributed by atoms with Gasteiger partial charge in [0.05, 0.1) is 5.69 Å². The number of halogens is 1. The van der Waals surface area contributed by atoms with Gasteiger partial charge >= 0.3 is 0 Å². The van der Waals surface area contributed by atoms with Crippen LogP contribution in [0, 0.1) is 6.92 Å². The Kier molecular flexibility index (Phi) is 3.33. The number of benzene rings is 1. The number of pyridine rings is 1. The van der Waals surface area contributed by atoms with Crippen LogP contribution in [0.3, 0.4) is 0 Å². The fraction of sp³-hybridized carbons (Fsp3) is 0.250. The first-order chi connectivity index (χ1) is 9.99. The number of anilines is 3.